The molecule has 0 saturated heterocycles. The van der Waals surface area contributed by atoms with Crippen LogP contribution in [-0.2, 0) is 6.54 Å². The van der Waals surface area contributed by atoms with Gasteiger partial charge in [-0.15, -0.1) is 0 Å². The quantitative estimate of drug-likeness (QED) is 0.503. The third-order valence-corrected chi connectivity index (χ3v) is 5.57. The molecule has 29 heavy (non-hydrogen) atoms. The second kappa shape index (κ2) is 7.14. The Hall–Kier alpha value is -3.51. The van der Waals surface area contributed by atoms with Crippen molar-refractivity contribution in [2.45, 2.75) is 18.5 Å². The average molecular weight is 383 g/mol. The molecule has 0 fully saturated rings. The van der Waals surface area contributed by atoms with Gasteiger partial charge in [0.15, 0.2) is 0 Å². The molecule has 0 aliphatic carbocycles. The number of pyridine rings is 1. The first-order chi connectivity index (χ1) is 14.3. The number of nitrogens with one attached hydrogen (secondary N) is 3. The predicted molar refractivity (Wildman–Crippen MR) is 114 cm³/mol. The number of H-pyrrole nitrogens is 1. The van der Waals surface area contributed by atoms with E-state index in [2.05, 4.69) is 50.1 Å². The molecule has 0 radical (unpaired) electrons. The van der Waals surface area contributed by atoms with Crippen molar-refractivity contribution < 1.29 is 0 Å². The van der Waals surface area contributed by atoms with E-state index in [9.17, 15) is 4.79 Å². The van der Waals surface area contributed by atoms with E-state index in [-0.39, 0.29) is 17.5 Å². The molecule has 2 aromatic heterocycles. The normalized spacial score (nSPS) is 17.8. The summed E-state index contributed by atoms with van der Waals surface area (Å²) in [6.07, 6.45) is 3.61. The zero-order valence-corrected chi connectivity index (χ0v) is 16.0. The number of benzene rings is 2. The van der Waals surface area contributed by atoms with Crippen molar-refractivity contribution in [3.63, 3.8) is 0 Å². The van der Waals surface area contributed by atoms with Crippen LogP contribution < -0.4 is 16.2 Å². The molecule has 4 aromatic rings. The van der Waals surface area contributed by atoms with Crippen LogP contribution in [0.4, 0.5) is 5.69 Å². The molecular formula is C23H21N5O. The molecule has 1 aliphatic rings. The Labute approximate surface area is 168 Å². The van der Waals surface area contributed by atoms with E-state index < -0.39 is 0 Å². The molecule has 3 N–H and O–H groups in total. The molecule has 0 bridgehead atoms. The van der Waals surface area contributed by atoms with Crippen LogP contribution >= 0.6 is 0 Å². The zero-order chi connectivity index (χ0) is 19.8. The van der Waals surface area contributed by atoms with E-state index >= 15 is 0 Å². The Morgan fingerprint density at radius 3 is 2.55 bits per heavy atom. The van der Waals surface area contributed by atoms with Gasteiger partial charge in [0.2, 0.25) is 0 Å². The smallest absolute Gasteiger partial charge is 0.272 e. The molecule has 6 heteroatoms. The summed E-state index contributed by atoms with van der Waals surface area (Å²) in [5.41, 5.74) is 5.14. The standard InChI is InChI=1S/C23H21N5O/c1-24-13-14-5-7-15(8-6-14)19-21(16-9-11-25-12-10-16)26-18-4-2-3-17-20(18)22(19)27-28-23(17)29/h2-12,19,21,24,26H,13H2,1H3,(H,28,29). The summed E-state index contributed by atoms with van der Waals surface area (Å²) in [6, 6.07) is 18.4. The van der Waals surface area contributed by atoms with Crippen LogP contribution in [0, 0.1) is 0 Å². The molecule has 0 spiro atoms. The van der Waals surface area contributed by atoms with E-state index in [1.165, 1.54) is 5.56 Å². The predicted octanol–water partition coefficient (Wildman–Crippen LogP) is 3.34. The Kier molecular flexibility index (Phi) is 4.33. The Morgan fingerprint density at radius 2 is 1.79 bits per heavy atom. The van der Waals surface area contributed by atoms with Crippen LogP contribution in [-0.4, -0.2) is 22.2 Å². The van der Waals surface area contributed by atoms with Crippen molar-refractivity contribution in [2.75, 3.05) is 12.4 Å². The average Bonchev–Trinajstić information content (AvgIpc) is 2.77. The highest BCUT2D eigenvalue weighted by Gasteiger charge is 2.34. The Balaban J connectivity index is 1.73. The highest BCUT2D eigenvalue weighted by Crippen LogP contribution is 2.46. The molecule has 3 heterocycles. The number of aromatic nitrogens is 3. The maximum atomic E-state index is 12.4. The lowest BCUT2D eigenvalue weighted by molar-refractivity contribution is 0.637. The summed E-state index contributed by atoms with van der Waals surface area (Å²) < 4.78 is 0. The first-order valence-corrected chi connectivity index (χ1v) is 9.67. The molecule has 2 aromatic carbocycles. The van der Waals surface area contributed by atoms with Gasteiger partial charge in [0.05, 0.1) is 23.0 Å². The first-order valence-electron chi connectivity index (χ1n) is 9.67. The number of hydrogen-bond acceptors (Lipinski definition) is 5. The Morgan fingerprint density at radius 1 is 1.00 bits per heavy atom. The van der Waals surface area contributed by atoms with Crippen LogP contribution in [0.3, 0.4) is 0 Å². The number of anilines is 1. The second-order valence-corrected chi connectivity index (χ2v) is 7.32. The van der Waals surface area contributed by atoms with Crippen molar-refractivity contribution in [2.24, 2.45) is 0 Å². The third kappa shape index (κ3) is 2.98. The highest BCUT2D eigenvalue weighted by atomic mass is 16.1. The minimum absolute atomic E-state index is 0.0235. The lowest BCUT2D eigenvalue weighted by Gasteiger charge is -2.34. The summed E-state index contributed by atoms with van der Waals surface area (Å²) in [6.45, 7) is 0.820. The fourth-order valence-electron chi connectivity index (χ4n) is 4.24. The molecular weight excluding hydrogens is 362 g/mol. The van der Waals surface area contributed by atoms with Crippen LogP contribution in [0.25, 0.3) is 10.8 Å². The second-order valence-electron chi connectivity index (χ2n) is 7.32. The third-order valence-electron chi connectivity index (χ3n) is 5.57. The van der Waals surface area contributed by atoms with Gasteiger partial charge in [-0.05, 0) is 48.0 Å². The van der Waals surface area contributed by atoms with Gasteiger partial charge in [-0.1, -0.05) is 30.3 Å². The van der Waals surface area contributed by atoms with Gasteiger partial charge in [-0.2, -0.15) is 5.10 Å². The van der Waals surface area contributed by atoms with Crippen LogP contribution in [0.2, 0.25) is 0 Å². The largest absolute Gasteiger partial charge is 0.377 e. The van der Waals surface area contributed by atoms with Crippen LogP contribution in [0.5, 0.6) is 0 Å². The van der Waals surface area contributed by atoms with Gasteiger partial charge < -0.3 is 10.6 Å². The van der Waals surface area contributed by atoms with E-state index in [0.29, 0.717) is 5.39 Å². The number of aromatic amines is 1. The molecule has 6 nitrogen and oxygen atoms in total. The topological polar surface area (TPSA) is 82.7 Å². The van der Waals surface area contributed by atoms with Gasteiger partial charge in [0, 0.05) is 30.0 Å². The first kappa shape index (κ1) is 17.6. The summed E-state index contributed by atoms with van der Waals surface area (Å²) >= 11 is 0. The maximum absolute atomic E-state index is 12.4. The molecule has 0 amide bonds. The molecule has 5 rings (SSSR count). The van der Waals surface area contributed by atoms with Crippen molar-refractivity contribution >= 4 is 16.5 Å². The fraction of sp³-hybridized carbons (Fsp3) is 0.174. The number of nitrogens with zero attached hydrogens (tertiary/aromatic N) is 2. The lowest BCUT2D eigenvalue weighted by Crippen LogP contribution is -2.28. The molecule has 2 atom stereocenters. The maximum Gasteiger partial charge on any atom is 0.272 e. The van der Waals surface area contributed by atoms with Gasteiger partial charge in [-0.25, -0.2) is 5.10 Å². The van der Waals surface area contributed by atoms with Crippen molar-refractivity contribution in [3.05, 3.63) is 99.7 Å². The number of hydrogen-bond donors (Lipinski definition) is 3. The SMILES string of the molecule is CNCc1ccc(C2c3n[nH]c(=O)c4cccc(c34)NC2c2ccncc2)cc1. The number of rotatable bonds is 4. The van der Waals surface area contributed by atoms with E-state index in [0.717, 1.165) is 34.4 Å². The summed E-state index contributed by atoms with van der Waals surface area (Å²) in [5, 5.41) is 15.6. The van der Waals surface area contributed by atoms with Crippen molar-refractivity contribution in [1.82, 2.24) is 20.5 Å². The van der Waals surface area contributed by atoms with Gasteiger partial charge in [0.1, 0.15) is 0 Å². The van der Waals surface area contributed by atoms with Crippen molar-refractivity contribution in [3.8, 4) is 0 Å². The van der Waals surface area contributed by atoms with Gasteiger partial charge >= 0.3 is 0 Å². The van der Waals surface area contributed by atoms with Crippen molar-refractivity contribution in [1.29, 1.82) is 0 Å². The van der Waals surface area contributed by atoms with Crippen LogP contribution in [0.1, 0.15) is 34.3 Å². The molecule has 2 unspecified atom stereocenters. The summed E-state index contributed by atoms with van der Waals surface area (Å²) in [7, 11) is 1.94. The van der Waals surface area contributed by atoms with Crippen LogP contribution in [0.15, 0.2) is 71.8 Å². The van der Waals surface area contributed by atoms with Gasteiger partial charge in [0.25, 0.3) is 5.56 Å². The Bertz CT molecular complexity index is 1220. The fourth-order valence-corrected chi connectivity index (χ4v) is 4.24. The van der Waals surface area contributed by atoms with E-state index in [4.69, 9.17) is 0 Å². The molecule has 0 saturated carbocycles. The lowest BCUT2D eigenvalue weighted by atomic mass is 9.80. The van der Waals surface area contributed by atoms with Gasteiger partial charge in [-0.3, -0.25) is 9.78 Å². The molecule has 1 aliphatic heterocycles. The summed E-state index contributed by atoms with van der Waals surface area (Å²) in [4.78, 5) is 16.5. The highest BCUT2D eigenvalue weighted by molar-refractivity contribution is 5.97. The van der Waals surface area contributed by atoms with E-state index in [1.807, 2.05) is 37.4 Å². The molecule has 144 valence electrons. The minimum Gasteiger partial charge on any atom is -0.377 e. The minimum atomic E-state index is -0.169. The zero-order valence-electron chi connectivity index (χ0n) is 16.0. The van der Waals surface area contributed by atoms with E-state index in [1.54, 1.807) is 12.4 Å². The monoisotopic (exact) mass is 383 g/mol. The summed E-state index contributed by atoms with van der Waals surface area (Å²) in [5.74, 6) is -0.0460.